The fourth-order valence-corrected chi connectivity index (χ4v) is 5.57. The highest BCUT2D eigenvalue weighted by atomic mass is 35.5. The van der Waals surface area contributed by atoms with Gasteiger partial charge in [0.25, 0.3) is 0 Å². The Morgan fingerprint density at radius 1 is 1.04 bits per heavy atom. The lowest BCUT2D eigenvalue weighted by Crippen LogP contribution is -2.37. The first-order valence-corrected chi connectivity index (χ1v) is 9.69. The van der Waals surface area contributed by atoms with Crippen molar-refractivity contribution in [2.24, 2.45) is 5.41 Å². The molecule has 0 N–H and O–H groups in total. The van der Waals surface area contributed by atoms with Crippen LogP contribution in [-0.4, -0.2) is 15.2 Å². The largest absolute Gasteiger partial charge is 0.240 e. The maximum absolute atomic E-state index is 14.3. The van der Waals surface area contributed by atoms with Gasteiger partial charge in [-0.1, -0.05) is 37.6 Å². The minimum atomic E-state index is -0.636. The van der Waals surface area contributed by atoms with Gasteiger partial charge in [0.15, 0.2) is 0 Å². The van der Waals surface area contributed by atoms with E-state index >= 15 is 0 Å². The van der Waals surface area contributed by atoms with Crippen LogP contribution in [0.4, 0.5) is 8.78 Å². The summed E-state index contributed by atoms with van der Waals surface area (Å²) in [5, 5.41) is 9.18. The van der Waals surface area contributed by atoms with Gasteiger partial charge < -0.3 is 0 Å². The van der Waals surface area contributed by atoms with Crippen molar-refractivity contribution in [3.8, 4) is 11.3 Å². The Balaban J connectivity index is 1.74. The van der Waals surface area contributed by atoms with Crippen molar-refractivity contribution in [2.45, 2.75) is 38.0 Å². The number of aromatic nitrogens is 3. The van der Waals surface area contributed by atoms with E-state index < -0.39 is 17.0 Å². The highest BCUT2D eigenvalue weighted by Gasteiger charge is 2.65. The van der Waals surface area contributed by atoms with Crippen LogP contribution in [0.2, 0.25) is 5.15 Å². The van der Waals surface area contributed by atoms with Crippen LogP contribution < -0.4 is 0 Å². The maximum Gasteiger partial charge on any atom is 0.135 e. The fraction of sp³-hybridized carbons (Fsp3) is 0.318. The second-order valence-electron chi connectivity index (χ2n) is 8.19. The number of hydrogen-bond donors (Lipinski definition) is 0. The van der Waals surface area contributed by atoms with Crippen LogP contribution in [0, 0.1) is 17.0 Å². The molecular weight excluding hydrogens is 380 g/mol. The van der Waals surface area contributed by atoms with Crippen molar-refractivity contribution < 1.29 is 8.78 Å². The van der Waals surface area contributed by atoms with Crippen LogP contribution in [0.3, 0.4) is 0 Å². The quantitative estimate of drug-likeness (QED) is 0.522. The summed E-state index contributed by atoms with van der Waals surface area (Å²) in [6.45, 7) is 4.41. The number of benzene rings is 1. The molecular formula is C22H18ClF2N3. The molecule has 0 aliphatic heterocycles. The van der Waals surface area contributed by atoms with Crippen LogP contribution in [0.15, 0.2) is 42.5 Å². The molecule has 1 aromatic carbocycles. The SMILES string of the molecule is CC1(C)[C@H]2CC[C@]1(c1cccc(Cl)n1)c1nnc(-c3c(F)cccc3F)cc12. The Kier molecular flexibility index (Phi) is 3.66. The van der Waals surface area contributed by atoms with Gasteiger partial charge in [-0.2, -0.15) is 5.10 Å². The Bertz CT molecular complexity index is 1090. The molecule has 6 heteroatoms. The van der Waals surface area contributed by atoms with Gasteiger partial charge in [-0.15, -0.1) is 5.10 Å². The molecule has 2 atom stereocenters. The van der Waals surface area contributed by atoms with Gasteiger partial charge >= 0.3 is 0 Å². The number of hydrogen-bond acceptors (Lipinski definition) is 3. The minimum absolute atomic E-state index is 0.131. The third-order valence-electron chi connectivity index (χ3n) is 6.75. The number of pyridine rings is 1. The van der Waals surface area contributed by atoms with E-state index in [1.54, 1.807) is 6.07 Å². The molecule has 2 aliphatic carbocycles. The molecule has 2 heterocycles. The zero-order chi connectivity index (χ0) is 19.7. The van der Waals surface area contributed by atoms with Crippen molar-refractivity contribution in [2.75, 3.05) is 0 Å². The Labute approximate surface area is 166 Å². The third-order valence-corrected chi connectivity index (χ3v) is 6.96. The lowest BCUT2D eigenvalue weighted by atomic mass is 9.66. The summed E-state index contributed by atoms with van der Waals surface area (Å²) in [5.41, 5.74) is 2.27. The van der Waals surface area contributed by atoms with E-state index in [1.807, 2.05) is 18.2 Å². The van der Waals surface area contributed by atoms with Gasteiger partial charge in [0, 0.05) is 0 Å². The molecule has 142 valence electrons. The standard InChI is InChI=1S/C22H18ClF2N3/c1-21(2)13-9-10-22(21,17-7-4-8-18(23)26-17)20-12(13)11-16(27-28-20)19-14(24)5-3-6-15(19)25/h3-8,11,13H,9-10H2,1-2H3/t13-,22-/m0/s1. The lowest BCUT2D eigenvalue weighted by Gasteiger charge is -2.37. The van der Waals surface area contributed by atoms with Crippen LogP contribution in [-0.2, 0) is 5.41 Å². The number of rotatable bonds is 2. The van der Waals surface area contributed by atoms with E-state index in [2.05, 4.69) is 29.0 Å². The molecule has 1 fully saturated rings. The van der Waals surface area contributed by atoms with Crippen LogP contribution in [0.25, 0.3) is 11.3 Å². The summed E-state index contributed by atoms with van der Waals surface area (Å²) in [5.74, 6) is -1.06. The summed E-state index contributed by atoms with van der Waals surface area (Å²) in [7, 11) is 0. The van der Waals surface area contributed by atoms with Gasteiger partial charge in [0.1, 0.15) is 16.8 Å². The second kappa shape index (κ2) is 5.80. The Morgan fingerprint density at radius 3 is 2.46 bits per heavy atom. The summed E-state index contributed by atoms with van der Waals surface area (Å²) in [6.07, 6.45) is 1.85. The molecule has 0 unspecified atom stereocenters. The first-order chi connectivity index (χ1) is 13.4. The van der Waals surface area contributed by atoms with Crippen molar-refractivity contribution in [3.05, 3.63) is 76.2 Å². The van der Waals surface area contributed by atoms with E-state index in [9.17, 15) is 8.78 Å². The predicted molar refractivity (Wildman–Crippen MR) is 103 cm³/mol. The summed E-state index contributed by atoms with van der Waals surface area (Å²) in [6, 6.07) is 11.3. The van der Waals surface area contributed by atoms with Gasteiger partial charge in [0.2, 0.25) is 0 Å². The molecule has 28 heavy (non-hydrogen) atoms. The van der Waals surface area contributed by atoms with Crippen LogP contribution >= 0.6 is 11.6 Å². The van der Waals surface area contributed by atoms with Crippen molar-refractivity contribution in [1.29, 1.82) is 0 Å². The average molecular weight is 398 g/mol. The van der Waals surface area contributed by atoms with E-state index in [4.69, 9.17) is 11.6 Å². The number of fused-ring (bicyclic) bond motifs is 5. The normalized spacial score (nSPS) is 24.4. The average Bonchev–Trinajstić information content (AvgIpc) is 3.03. The third kappa shape index (κ3) is 2.11. The number of halogens is 3. The maximum atomic E-state index is 14.3. The van der Waals surface area contributed by atoms with Gasteiger partial charge in [-0.3, -0.25) is 0 Å². The zero-order valence-electron chi connectivity index (χ0n) is 15.5. The fourth-order valence-electron chi connectivity index (χ4n) is 5.40. The molecule has 2 aliphatic rings. The molecule has 0 radical (unpaired) electrons. The minimum Gasteiger partial charge on any atom is -0.240 e. The number of nitrogens with zero attached hydrogens (tertiary/aromatic N) is 3. The van der Waals surface area contributed by atoms with Gasteiger partial charge in [0.05, 0.1) is 28.1 Å². The van der Waals surface area contributed by atoms with Crippen molar-refractivity contribution in [1.82, 2.24) is 15.2 Å². The molecule has 1 saturated carbocycles. The van der Waals surface area contributed by atoms with Crippen molar-refractivity contribution >= 4 is 11.6 Å². The first kappa shape index (κ1) is 17.7. The highest BCUT2D eigenvalue weighted by Crippen LogP contribution is 2.69. The lowest BCUT2D eigenvalue weighted by molar-refractivity contribution is 0.243. The predicted octanol–water partition coefficient (Wildman–Crippen LogP) is 5.67. The molecule has 2 bridgehead atoms. The van der Waals surface area contributed by atoms with Crippen LogP contribution in [0.1, 0.15) is 49.6 Å². The molecule has 3 aromatic rings. The Morgan fingerprint density at radius 2 is 1.75 bits per heavy atom. The molecule has 2 aromatic heterocycles. The molecule has 0 spiro atoms. The smallest absolute Gasteiger partial charge is 0.135 e. The Hall–Kier alpha value is -2.40. The van der Waals surface area contributed by atoms with Crippen LogP contribution in [0.5, 0.6) is 0 Å². The van der Waals surface area contributed by atoms with E-state index in [-0.39, 0.29) is 22.6 Å². The second-order valence-corrected chi connectivity index (χ2v) is 8.58. The first-order valence-electron chi connectivity index (χ1n) is 9.32. The summed E-state index contributed by atoms with van der Waals surface area (Å²) in [4.78, 5) is 4.61. The zero-order valence-corrected chi connectivity index (χ0v) is 16.3. The van der Waals surface area contributed by atoms with Gasteiger partial charge in [-0.25, -0.2) is 13.8 Å². The van der Waals surface area contributed by atoms with E-state index in [0.29, 0.717) is 5.15 Å². The molecule has 0 amide bonds. The van der Waals surface area contributed by atoms with E-state index in [0.717, 1.165) is 29.8 Å². The highest BCUT2D eigenvalue weighted by molar-refractivity contribution is 6.29. The van der Waals surface area contributed by atoms with Crippen molar-refractivity contribution in [3.63, 3.8) is 0 Å². The monoisotopic (exact) mass is 397 g/mol. The molecule has 5 rings (SSSR count). The van der Waals surface area contributed by atoms with Gasteiger partial charge in [-0.05, 0) is 60.1 Å². The topological polar surface area (TPSA) is 38.7 Å². The summed E-state index contributed by atoms with van der Waals surface area (Å²) < 4.78 is 28.6. The molecule has 3 nitrogen and oxygen atoms in total. The van der Waals surface area contributed by atoms with E-state index in [1.165, 1.54) is 18.2 Å². The summed E-state index contributed by atoms with van der Waals surface area (Å²) >= 11 is 6.19. The molecule has 0 saturated heterocycles.